The summed E-state index contributed by atoms with van der Waals surface area (Å²) >= 11 is 1.37. The van der Waals surface area contributed by atoms with Gasteiger partial charge in [-0.3, -0.25) is 9.78 Å². The number of methoxy groups -OCH3 is 1. The van der Waals surface area contributed by atoms with Gasteiger partial charge in [0.05, 0.1) is 55.5 Å². The Morgan fingerprint density at radius 1 is 0.925 bits per heavy atom. The Hall–Kier alpha value is -4.03. The summed E-state index contributed by atoms with van der Waals surface area (Å²) in [7, 11) is 1.61. The molecule has 0 spiro atoms. The molecule has 208 valence electrons. The molecular weight excluding hydrogens is 532 g/mol. The molecule has 0 fully saturated rings. The van der Waals surface area contributed by atoms with Crippen LogP contribution in [0.3, 0.4) is 0 Å². The monoisotopic (exact) mass is 562 g/mol. The van der Waals surface area contributed by atoms with E-state index in [1.807, 2.05) is 54.6 Å². The van der Waals surface area contributed by atoms with Crippen LogP contribution >= 0.6 is 11.8 Å². The zero-order valence-electron chi connectivity index (χ0n) is 22.0. The maximum atomic E-state index is 13.0. The van der Waals surface area contributed by atoms with E-state index in [4.69, 9.17) is 24.7 Å². The van der Waals surface area contributed by atoms with E-state index in [9.17, 15) is 9.59 Å². The quantitative estimate of drug-likeness (QED) is 0.221. The van der Waals surface area contributed by atoms with Gasteiger partial charge in [-0.1, -0.05) is 30.0 Å². The van der Waals surface area contributed by atoms with Crippen molar-refractivity contribution in [2.75, 3.05) is 46.8 Å². The molecule has 0 saturated heterocycles. The number of benzene rings is 2. The lowest BCUT2D eigenvalue weighted by Gasteiger charge is -2.08. The normalized spacial score (nSPS) is 11.3. The summed E-state index contributed by atoms with van der Waals surface area (Å²) in [6, 6.07) is 18.3. The number of ether oxygens (including phenoxy) is 4. The highest BCUT2D eigenvalue weighted by Gasteiger charge is 2.17. The lowest BCUT2D eigenvalue weighted by molar-refractivity contribution is 0.0130. The summed E-state index contributed by atoms with van der Waals surface area (Å²) in [5, 5.41) is 5.28. The number of primary amides is 1. The van der Waals surface area contributed by atoms with Crippen LogP contribution in [-0.4, -0.2) is 73.5 Å². The third-order valence-electron chi connectivity index (χ3n) is 5.59. The molecule has 2 N–H and O–H groups in total. The molecule has 11 heteroatoms. The molecule has 4 aromatic rings. The Morgan fingerprint density at radius 2 is 1.68 bits per heavy atom. The first-order valence-electron chi connectivity index (χ1n) is 12.6. The lowest BCUT2D eigenvalue weighted by Crippen LogP contribution is -2.18. The molecule has 0 unspecified atom stereocenters. The first-order valence-corrected chi connectivity index (χ1v) is 13.4. The van der Waals surface area contributed by atoms with E-state index in [-0.39, 0.29) is 13.2 Å². The second-order valence-corrected chi connectivity index (χ2v) is 9.47. The van der Waals surface area contributed by atoms with Crippen LogP contribution in [0, 0.1) is 0 Å². The van der Waals surface area contributed by atoms with Crippen molar-refractivity contribution >= 4 is 46.8 Å². The van der Waals surface area contributed by atoms with Crippen LogP contribution in [-0.2, 0) is 18.9 Å². The standard InChI is InChI=1S/C29H30N4O6S/c1-36-14-15-37-16-17-38-18-19-39-29(35)33-26-20-22(40-27-8-3-2-7-24(27)28(30)34)10-11-23(26)25(32-33)12-9-21-6-4-5-13-31-21/h2-13,20H,14-19H2,1H3,(H2,30,34)/b12-9+. The smallest absolute Gasteiger partial charge is 0.435 e. The second-order valence-electron chi connectivity index (χ2n) is 8.36. The average molecular weight is 563 g/mol. The Morgan fingerprint density at radius 3 is 2.42 bits per heavy atom. The van der Waals surface area contributed by atoms with Gasteiger partial charge >= 0.3 is 6.09 Å². The van der Waals surface area contributed by atoms with Crippen molar-refractivity contribution in [1.29, 1.82) is 0 Å². The van der Waals surface area contributed by atoms with Crippen molar-refractivity contribution < 1.29 is 28.5 Å². The first kappa shape index (κ1) is 29.0. The van der Waals surface area contributed by atoms with Gasteiger partial charge in [0.1, 0.15) is 6.61 Å². The maximum Gasteiger partial charge on any atom is 0.435 e. The minimum atomic E-state index is -0.637. The number of rotatable bonds is 14. The average Bonchev–Trinajstić information content (AvgIpc) is 3.33. The van der Waals surface area contributed by atoms with Crippen LogP contribution in [0.15, 0.2) is 76.7 Å². The highest BCUT2D eigenvalue weighted by Crippen LogP contribution is 2.33. The number of amides is 1. The van der Waals surface area contributed by atoms with E-state index in [0.717, 1.165) is 16.0 Å². The van der Waals surface area contributed by atoms with Gasteiger partial charge in [-0.15, -0.1) is 0 Å². The minimum Gasteiger partial charge on any atom is -0.445 e. The molecule has 0 atom stereocenters. The van der Waals surface area contributed by atoms with E-state index in [0.29, 0.717) is 48.1 Å². The Kier molecular flexibility index (Phi) is 10.8. The zero-order valence-corrected chi connectivity index (χ0v) is 22.8. The molecule has 2 heterocycles. The summed E-state index contributed by atoms with van der Waals surface area (Å²) in [5.74, 6) is -0.511. The topological polar surface area (TPSA) is 128 Å². The molecule has 0 bridgehead atoms. The fraction of sp³-hybridized carbons (Fsp3) is 0.241. The number of nitrogens with zero attached hydrogens (tertiary/aromatic N) is 3. The Balaban J connectivity index is 1.52. The summed E-state index contributed by atoms with van der Waals surface area (Å²) in [5.41, 5.74) is 7.86. The first-order chi connectivity index (χ1) is 19.6. The molecule has 0 radical (unpaired) electrons. The molecule has 40 heavy (non-hydrogen) atoms. The van der Waals surface area contributed by atoms with E-state index in [1.54, 1.807) is 31.5 Å². The van der Waals surface area contributed by atoms with Gasteiger partial charge in [-0.05, 0) is 54.6 Å². The molecule has 0 aliphatic rings. The van der Waals surface area contributed by atoms with Crippen molar-refractivity contribution in [3.63, 3.8) is 0 Å². The van der Waals surface area contributed by atoms with Crippen LogP contribution in [0.25, 0.3) is 23.1 Å². The molecule has 4 rings (SSSR count). The fourth-order valence-electron chi connectivity index (χ4n) is 3.68. The summed E-state index contributed by atoms with van der Waals surface area (Å²) in [4.78, 5) is 30.7. The lowest BCUT2D eigenvalue weighted by atomic mass is 10.2. The van der Waals surface area contributed by atoms with Crippen LogP contribution in [0.2, 0.25) is 0 Å². The SMILES string of the molecule is COCCOCCOCCOC(=O)n1nc(/C=C/c2ccccn2)c2ccc(Sc3ccccc3C(N)=O)cc21. The van der Waals surface area contributed by atoms with Gasteiger partial charge in [-0.2, -0.15) is 9.78 Å². The van der Waals surface area contributed by atoms with Gasteiger partial charge in [-0.25, -0.2) is 4.79 Å². The number of fused-ring (bicyclic) bond motifs is 1. The number of hydrogen-bond acceptors (Lipinski definition) is 9. The predicted molar refractivity (Wildman–Crippen MR) is 152 cm³/mol. The molecule has 0 aliphatic carbocycles. The van der Waals surface area contributed by atoms with Gasteiger partial charge in [0.25, 0.3) is 0 Å². The summed E-state index contributed by atoms with van der Waals surface area (Å²) < 4.78 is 22.4. The van der Waals surface area contributed by atoms with Crippen LogP contribution in [0.4, 0.5) is 4.79 Å². The Bertz CT molecular complexity index is 1460. The van der Waals surface area contributed by atoms with Crippen molar-refractivity contribution in [2.45, 2.75) is 9.79 Å². The van der Waals surface area contributed by atoms with Crippen molar-refractivity contribution in [3.8, 4) is 0 Å². The van der Waals surface area contributed by atoms with Gasteiger partial charge < -0.3 is 24.7 Å². The van der Waals surface area contributed by atoms with Gasteiger partial charge in [0.15, 0.2) is 0 Å². The summed E-state index contributed by atoms with van der Waals surface area (Å²) in [6.07, 6.45) is 4.69. The molecular formula is C29H30N4O6S. The highest BCUT2D eigenvalue weighted by atomic mass is 32.2. The van der Waals surface area contributed by atoms with Crippen molar-refractivity contribution in [1.82, 2.24) is 14.8 Å². The number of hydrogen-bond donors (Lipinski definition) is 1. The van der Waals surface area contributed by atoms with E-state index >= 15 is 0 Å². The minimum absolute atomic E-state index is 0.0534. The molecule has 0 saturated carbocycles. The molecule has 10 nitrogen and oxygen atoms in total. The van der Waals surface area contributed by atoms with Crippen molar-refractivity contribution in [3.05, 3.63) is 83.8 Å². The van der Waals surface area contributed by atoms with E-state index < -0.39 is 12.0 Å². The van der Waals surface area contributed by atoms with E-state index in [1.165, 1.54) is 16.4 Å². The third kappa shape index (κ3) is 7.99. The molecule has 1 amide bonds. The number of carbonyl (C=O) groups excluding carboxylic acids is 2. The molecule has 2 aromatic heterocycles. The zero-order chi connectivity index (χ0) is 28.2. The number of pyridine rings is 1. The van der Waals surface area contributed by atoms with Gasteiger partial charge in [0.2, 0.25) is 5.91 Å². The van der Waals surface area contributed by atoms with Crippen LogP contribution in [0.1, 0.15) is 21.7 Å². The number of nitrogens with two attached hydrogens (primary N) is 1. The predicted octanol–water partition coefficient (Wildman–Crippen LogP) is 4.52. The fourth-order valence-corrected chi connectivity index (χ4v) is 4.67. The maximum absolute atomic E-state index is 13.0. The largest absolute Gasteiger partial charge is 0.445 e. The van der Waals surface area contributed by atoms with Gasteiger partial charge in [0, 0.05) is 28.5 Å². The Labute approximate surface area is 236 Å². The van der Waals surface area contributed by atoms with E-state index in [2.05, 4.69) is 10.1 Å². The third-order valence-corrected chi connectivity index (χ3v) is 6.66. The number of aromatic nitrogens is 3. The molecule has 2 aromatic carbocycles. The highest BCUT2D eigenvalue weighted by molar-refractivity contribution is 7.99. The molecule has 0 aliphatic heterocycles. The van der Waals surface area contributed by atoms with Crippen LogP contribution < -0.4 is 5.73 Å². The number of carbonyl (C=O) groups is 2. The van der Waals surface area contributed by atoms with Crippen LogP contribution in [0.5, 0.6) is 0 Å². The second kappa shape index (κ2) is 14.9. The van der Waals surface area contributed by atoms with Crippen molar-refractivity contribution in [2.24, 2.45) is 5.73 Å². The summed E-state index contributed by atoms with van der Waals surface area (Å²) in [6.45, 7) is 2.08.